The van der Waals surface area contributed by atoms with Crippen LogP contribution in [0, 0.1) is 18.3 Å². The molecule has 4 nitrogen and oxygen atoms in total. The van der Waals surface area contributed by atoms with Gasteiger partial charge < -0.3 is 9.30 Å². The molecule has 0 amide bonds. The zero-order valence-electron chi connectivity index (χ0n) is 14.3. The largest absolute Gasteiger partial charge is 0.487 e. The zero-order chi connectivity index (χ0) is 18.5. The number of aryl methyl sites for hydroxylation is 1. The van der Waals surface area contributed by atoms with Gasteiger partial charge >= 0.3 is 0 Å². The molecule has 1 heterocycles. The highest BCUT2D eigenvalue weighted by Crippen LogP contribution is 2.24. The first-order chi connectivity index (χ1) is 12.6. The fourth-order valence-electron chi connectivity index (χ4n) is 2.69. The standard InChI is InChI=1S/C21H17BrN2O2/c1-15-11-19(26-14-18-10-6-5-9-17(18)12-23)20(22)21(25)24(15)13-16-7-3-2-4-8-16/h2-11H,13-14H2,1H3. The number of benzene rings is 2. The number of rotatable bonds is 5. The van der Waals surface area contributed by atoms with E-state index >= 15 is 0 Å². The number of halogens is 1. The van der Waals surface area contributed by atoms with Crippen LogP contribution in [0.2, 0.25) is 0 Å². The topological polar surface area (TPSA) is 55.0 Å². The summed E-state index contributed by atoms with van der Waals surface area (Å²) in [6, 6.07) is 21.1. The van der Waals surface area contributed by atoms with Gasteiger partial charge in [-0.2, -0.15) is 5.26 Å². The molecule has 26 heavy (non-hydrogen) atoms. The van der Waals surface area contributed by atoms with Crippen molar-refractivity contribution in [1.29, 1.82) is 5.26 Å². The van der Waals surface area contributed by atoms with Gasteiger partial charge in [0.05, 0.1) is 18.2 Å². The Bertz CT molecular complexity index is 1020. The molecule has 0 saturated heterocycles. The normalized spacial score (nSPS) is 10.3. The van der Waals surface area contributed by atoms with Crippen LogP contribution in [0.5, 0.6) is 5.75 Å². The van der Waals surface area contributed by atoms with Crippen molar-refractivity contribution in [2.45, 2.75) is 20.1 Å². The summed E-state index contributed by atoms with van der Waals surface area (Å²) in [7, 11) is 0. The first-order valence-corrected chi connectivity index (χ1v) is 8.94. The number of hydrogen-bond acceptors (Lipinski definition) is 3. The van der Waals surface area contributed by atoms with Crippen LogP contribution in [0.1, 0.15) is 22.4 Å². The Kier molecular flexibility index (Phi) is 5.55. The number of hydrogen-bond donors (Lipinski definition) is 0. The summed E-state index contributed by atoms with van der Waals surface area (Å²) in [4.78, 5) is 12.7. The minimum atomic E-state index is -0.141. The third-order valence-electron chi connectivity index (χ3n) is 4.12. The molecule has 3 rings (SSSR count). The Morgan fingerprint density at radius 1 is 1.12 bits per heavy atom. The van der Waals surface area contributed by atoms with Crippen molar-refractivity contribution >= 4 is 15.9 Å². The molecule has 0 N–H and O–H groups in total. The fourth-order valence-corrected chi connectivity index (χ4v) is 3.14. The minimum Gasteiger partial charge on any atom is -0.487 e. The Morgan fingerprint density at radius 2 is 1.81 bits per heavy atom. The first-order valence-electron chi connectivity index (χ1n) is 8.15. The lowest BCUT2D eigenvalue weighted by atomic mass is 10.1. The summed E-state index contributed by atoms with van der Waals surface area (Å²) < 4.78 is 7.91. The highest BCUT2D eigenvalue weighted by molar-refractivity contribution is 9.10. The van der Waals surface area contributed by atoms with Gasteiger partial charge in [-0.3, -0.25) is 4.79 Å². The van der Waals surface area contributed by atoms with Crippen LogP contribution in [-0.4, -0.2) is 4.57 Å². The molecule has 0 aliphatic carbocycles. The number of nitrogens with zero attached hydrogens (tertiary/aromatic N) is 2. The van der Waals surface area contributed by atoms with Crippen LogP contribution >= 0.6 is 15.9 Å². The lowest BCUT2D eigenvalue weighted by molar-refractivity contribution is 0.302. The molecule has 0 bridgehead atoms. The van der Waals surface area contributed by atoms with E-state index < -0.39 is 0 Å². The number of nitriles is 1. The first kappa shape index (κ1) is 18.0. The molecule has 0 aliphatic heterocycles. The van der Waals surface area contributed by atoms with E-state index in [0.29, 0.717) is 22.3 Å². The zero-order valence-corrected chi connectivity index (χ0v) is 15.9. The van der Waals surface area contributed by atoms with Crippen molar-refractivity contribution in [2.75, 3.05) is 0 Å². The molecule has 3 aromatic rings. The smallest absolute Gasteiger partial charge is 0.269 e. The second kappa shape index (κ2) is 8.03. The van der Waals surface area contributed by atoms with Crippen molar-refractivity contribution in [3.05, 3.63) is 97.9 Å². The maximum atomic E-state index is 12.7. The van der Waals surface area contributed by atoms with Crippen molar-refractivity contribution in [3.8, 4) is 11.8 Å². The summed E-state index contributed by atoms with van der Waals surface area (Å²) in [5, 5.41) is 9.17. The molecular formula is C21H17BrN2O2. The average Bonchev–Trinajstić information content (AvgIpc) is 2.68. The van der Waals surface area contributed by atoms with Crippen LogP contribution in [0.15, 0.2) is 69.9 Å². The number of ether oxygens (including phenoxy) is 1. The van der Waals surface area contributed by atoms with E-state index in [4.69, 9.17) is 10.00 Å². The van der Waals surface area contributed by atoms with Gasteiger partial charge in [0.2, 0.25) is 0 Å². The molecule has 5 heteroatoms. The molecule has 0 spiro atoms. The van der Waals surface area contributed by atoms with Crippen LogP contribution in [0.4, 0.5) is 0 Å². The van der Waals surface area contributed by atoms with Crippen molar-refractivity contribution in [1.82, 2.24) is 4.57 Å². The molecule has 0 atom stereocenters. The van der Waals surface area contributed by atoms with Gasteiger partial charge in [-0.25, -0.2) is 0 Å². The summed E-state index contributed by atoms with van der Waals surface area (Å²) in [6.45, 7) is 2.61. The lowest BCUT2D eigenvalue weighted by Crippen LogP contribution is -2.24. The molecule has 1 aromatic heterocycles. The Morgan fingerprint density at radius 3 is 2.54 bits per heavy atom. The predicted molar refractivity (Wildman–Crippen MR) is 104 cm³/mol. The van der Waals surface area contributed by atoms with Gasteiger partial charge in [-0.05, 0) is 34.5 Å². The summed E-state index contributed by atoms with van der Waals surface area (Å²) in [5.74, 6) is 0.476. The van der Waals surface area contributed by atoms with E-state index in [0.717, 1.165) is 16.8 Å². The van der Waals surface area contributed by atoms with E-state index in [1.807, 2.05) is 61.5 Å². The number of pyridine rings is 1. The Balaban J connectivity index is 1.86. The van der Waals surface area contributed by atoms with Gasteiger partial charge in [-0.15, -0.1) is 0 Å². The van der Waals surface area contributed by atoms with Crippen LogP contribution in [-0.2, 0) is 13.2 Å². The lowest BCUT2D eigenvalue weighted by Gasteiger charge is -2.15. The summed E-state index contributed by atoms with van der Waals surface area (Å²) >= 11 is 3.36. The molecular weight excluding hydrogens is 392 g/mol. The molecule has 130 valence electrons. The van der Waals surface area contributed by atoms with Crippen molar-refractivity contribution in [3.63, 3.8) is 0 Å². The maximum Gasteiger partial charge on any atom is 0.269 e. The van der Waals surface area contributed by atoms with E-state index in [-0.39, 0.29) is 12.2 Å². The second-order valence-electron chi connectivity index (χ2n) is 5.90. The van der Waals surface area contributed by atoms with Crippen molar-refractivity contribution in [2.24, 2.45) is 0 Å². The van der Waals surface area contributed by atoms with Gasteiger partial charge in [0.15, 0.2) is 0 Å². The summed E-state index contributed by atoms with van der Waals surface area (Å²) in [6.07, 6.45) is 0. The quantitative estimate of drug-likeness (QED) is 0.627. The van der Waals surface area contributed by atoms with E-state index in [2.05, 4.69) is 22.0 Å². The summed E-state index contributed by atoms with van der Waals surface area (Å²) in [5.41, 5.74) is 3.08. The molecule has 0 radical (unpaired) electrons. The van der Waals surface area contributed by atoms with Gasteiger partial charge in [0, 0.05) is 17.3 Å². The SMILES string of the molecule is Cc1cc(OCc2ccccc2C#N)c(Br)c(=O)n1Cc1ccccc1. The number of aromatic nitrogens is 1. The van der Waals surface area contributed by atoms with E-state index in [9.17, 15) is 4.79 Å². The minimum absolute atomic E-state index is 0.141. The molecule has 0 aliphatic rings. The predicted octanol–water partition coefficient (Wildman–Crippen LogP) is 4.42. The Hall–Kier alpha value is -2.84. The third-order valence-corrected chi connectivity index (χ3v) is 4.85. The van der Waals surface area contributed by atoms with Crippen LogP contribution < -0.4 is 10.3 Å². The molecule has 0 saturated carbocycles. The molecule has 0 fully saturated rings. The van der Waals surface area contributed by atoms with E-state index in [1.165, 1.54) is 0 Å². The van der Waals surface area contributed by atoms with Crippen molar-refractivity contribution < 1.29 is 4.74 Å². The van der Waals surface area contributed by atoms with Gasteiger partial charge in [0.25, 0.3) is 5.56 Å². The van der Waals surface area contributed by atoms with Gasteiger partial charge in [0.1, 0.15) is 16.8 Å². The van der Waals surface area contributed by atoms with Crippen LogP contribution in [0.25, 0.3) is 0 Å². The highest BCUT2D eigenvalue weighted by Gasteiger charge is 2.13. The van der Waals surface area contributed by atoms with Gasteiger partial charge in [-0.1, -0.05) is 48.5 Å². The Labute approximate surface area is 160 Å². The average molecular weight is 409 g/mol. The van der Waals surface area contributed by atoms with Crippen LogP contribution in [0.3, 0.4) is 0 Å². The monoisotopic (exact) mass is 408 g/mol. The molecule has 0 unspecified atom stereocenters. The second-order valence-corrected chi connectivity index (χ2v) is 6.69. The van der Waals surface area contributed by atoms with E-state index in [1.54, 1.807) is 10.6 Å². The third kappa shape index (κ3) is 3.87. The molecule has 2 aromatic carbocycles. The highest BCUT2D eigenvalue weighted by atomic mass is 79.9. The maximum absolute atomic E-state index is 12.7. The fraction of sp³-hybridized carbons (Fsp3) is 0.143.